The molecule has 1 N–H and O–H groups in total. The van der Waals surface area contributed by atoms with Crippen molar-refractivity contribution in [2.75, 3.05) is 0 Å². The lowest BCUT2D eigenvalue weighted by molar-refractivity contribution is -0.137. The Labute approximate surface area is 134 Å². The highest BCUT2D eigenvalue weighted by Gasteiger charge is 2.18. The number of aromatic nitrogens is 1. The molecule has 4 nitrogen and oxygen atoms in total. The summed E-state index contributed by atoms with van der Waals surface area (Å²) in [5, 5.41) is 8.86. The van der Waals surface area contributed by atoms with Crippen LogP contribution in [0.1, 0.15) is 17.9 Å². The molecule has 0 aliphatic rings. The number of nitrogens with zero attached hydrogens (tertiary/aromatic N) is 1. The lowest BCUT2D eigenvalue weighted by atomic mass is 10.0. The van der Waals surface area contributed by atoms with Gasteiger partial charge in [0.25, 0.3) is 0 Å². The number of oxazole rings is 1. The van der Waals surface area contributed by atoms with E-state index in [9.17, 15) is 4.79 Å². The van der Waals surface area contributed by atoms with Crippen molar-refractivity contribution in [2.24, 2.45) is 0 Å². The topological polar surface area (TPSA) is 63.3 Å². The normalized spacial score (nSPS) is 10.7. The second-order valence-electron chi connectivity index (χ2n) is 5.36. The molecule has 0 atom stereocenters. The molecule has 116 valence electrons. The van der Waals surface area contributed by atoms with Crippen LogP contribution in [0.2, 0.25) is 0 Å². The number of hydrogen-bond acceptors (Lipinski definition) is 3. The molecule has 0 radical (unpaired) electrons. The van der Waals surface area contributed by atoms with Gasteiger partial charge in [0, 0.05) is 17.5 Å². The van der Waals surface area contributed by atoms with Crippen LogP contribution in [-0.4, -0.2) is 16.1 Å². The Hall–Kier alpha value is -2.88. The van der Waals surface area contributed by atoms with Crippen LogP contribution in [0.4, 0.5) is 0 Å². The lowest BCUT2D eigenvalue weighted by Gasteiger charge is -2.04. The summed E-state index contributed by atoms with van der Waals surface area (Å²) in [7, 11) is 0. The smallest absolute Gasteiger partial charge is 0.303 e. The van der Waals surface area contributed by atoms with Gasteiger partial charge in [-0.05, 0) is 12.5 Å². The summed E-state index contributed by atoms with van der Waals surface area (Å²) in [4.78, 5) is 15.3. The monoisotopic (exact) mass is 307 g/mol. The molecule has 0 bridgehead atoms. The van der Waals surface area contributed by atoms with E-state index in [1.807, 2.05) is 61.5 Å². The third-order valence-corrected chi connectivity index (χ3v) is 3.66. The molecule has 3 aromatic rings. The van der Waals surface area contributed by atoms with Crippen molar-refractivity contribution in [1.82, 2.24) is 4.98 Å². The Morgan fingerprint density at radius 3 is 2.48 bits per heavy atom. The maximum atomic E-state index is 10.8. The van der Waals surface area contributed by atoms with Crippen LogP contribution in [0.5, 0.6) is 0 Å². The molecule has 4 heteroatoms. The largest absolute Gasteiger partial charge is 0.481 e. The van der Waals surface area contributed by atoms with Crippen molar-refractivity contribution < 1.29 is 14.3 Å². The fourth-order valence-electron chi connectivity index (χ4n) is 2.49. The Bertz CT molecular complexity index is 822. The Kier molecular flexibility index (Phi) is 4.24. The van der Waals surface area contributed by atoms with Crippen LogP contribution in [0.15, 0.2) is 59.0 Å². The van der Waals surface area contributed by atoms with Crippen LogP contribution < -0.4 is 0 Å². The molecular formula is C19H17NO3. The van der Waals surface area contributed by atoms with Gasteiger partial charge in [-0.3, -0.25) is 4.79 Å². The average Bonchev–Trinajstić information content (AvgIpc) is 2.98. The van der Waals surface area contributed by atoms with Crippen molar-refractivity contribution in [3.63, 3.8) is 0 Å². The van der Waals surface area contributed by atoms with Crippen molar-refractivity contribution in [1.29, 1.82) is 0 Å². The summed E-state index contributed by atoms with van der Waals surface area (Å²) in [6.07, 6.45) is 0.281. The second kappa shape index (κ2) is 6.48. The molecule has 2 aromatic carbocycles. The van der Waals surface area contributed by atoms with Gasteiger partial charge in [0.2, 0.25) is 0 Å². The summed E-state index contributed by atoms with van der Waals surface area (Å²) in [6, 6.07) is 17.7. The molecule has 0 aliphatic carbocycles. The lowest BCUT2D eigenvalue weighted by Crippen LogP contribution is -1.97. The maximum absolute atomic E-state index is 10.8. The fourth-order valence-corrected chi connectivity index (χ4v) is 2.49. The highest BCUT2D eigenvalue weighted by atomic mass is 16.4. The van der Waals surface area contributed by atoms with E-state index in [1.54, 1.807) is 0 Å². The van der Waals surface area contributed by atoms with Gasteiger partial charge >= 0.3 is 5.97 Å². The van der Waals surface area contributed by atoms with Gasteiger partial charge in [-0.25, -0.2) is 4.98 Å². The van der Waals surface area contributed by atoms with Crippen molar-refractivity contribution in [3.05, 3.63) is 66.1 Å². The van der Waals surface area contributed by atoms with E-state index < -0.39 is 5.97 Å². The zero-order valence-corrected chi connectivity index (χ0v) is 12.8. The standard InChI is InChI=1S/C19H17NO3/c1-13-7-5-6-10-15(13)18-19(14-8-3-2-4-9-14)23-16(20-18)11-12-17(21)22/h2-10H,11-12H2,1H3,(H,21,22). The van der Waals surface area contributed by atoms with Crippen molar-refractivity contribution in [2.45, 2.75) is 19.8 Å². The van der Waals surface area contributed by atoms with Gasteiger partial charge in [0.05, 0.1) is 6.42 Å². The van der Waals surface area contributed by atoms with Crippen molar-refractivity contribution >= 4 is 5.97 Å². The van der Waals surface area contributed by atoms with Crippen molar-refractivity contribution in [3.8, 4) is 22.6 Å². The number of hydrogen-bond donors (Lipinski definition) is 1. The molecule has 0 saturated carbocycles. The first-order chi connectivity index (χ1) is 11.1. The summed E-state index contributed by atoms with van der Waals surface area (Å²) in [6.45, 7) is 2.02. The molecule has 0 saturated heterocycles. The number of benzene rings is 2. The number of carbonyl (C=O) groups is 1. The second-order valence-corrected chi connectivity index (χ2v) is 5.36. The first kappa shape index (κ1) is 15.0. The average molecular weight is 307 g/mol. The Morgan fingerprint density at radius 1 is 1.09 bits per heavy atom. The minimum Gasteiger partial charge on any atom is -0.481 e. The van der Waals surface area contributed by atoms with Crippen LogP contribution in [0.25, 0.3) is 22.6 Å². The van der Waals surface area contributed by atoms with Gasteiger partial charge < -0.3 is 9.52 Å². The van der Waals surface area contributed by atoms with E-state index in [-0.39, 0.29) is 12.8 Å². The minimum absolute atomic E-state index is 0.00194. The van der Waals surface area contributed by atoms with E-state index in [1.165, 1.54) is 0 Å². The van der Waals surface area contributed by atoms with E-state index in [0.29, 0.717) is 11.7 Å². The molecule has 23 heavy (non-hydrogen) atoms. The maximum Gasteiger partial charge on any atom is 0.303 e. The number of aryl methyl sites for hydroxylation is 2. The molecule has 1 aromatic heterocycles. The summed E-state index contributed by atoms with van der Waals surface area (Å²) in [5.41, 5.74) is 3.79. The first-order valence-electron chi connectivity index (χ1n) is 7.48. The molecular weight excluding hydrogens is 290 g/mol. The highest BCUT2D eigenvalue weighted by molar-refractivity contribution is 5.78. The molecule has 0 spiro atoms. The third kappa shape index (κ3) is 3.31. The van der Waals surface area contributed by atoms with E-state index in [2.05, 4.69) is 4.98 Å². The van der Waals surface area contributed by atoms with Gasteiger partial charge in [0.15, 0.2) is 11.7 Å². The third-order valence-electron chi connectivity index (χ3n) is 3.66. The minimum atomic E-state index is -0.859. The van der Waals surface area contributed by atoms with Crippen LogP contribution in [0, 0.1) is 6.92 Å². The molecule has 0 aliphatic heterocycles. The molecule has 0 unspecified atom stereocenters. The predicted molar refractivity (Wildman–Crippen MR) is 88.1 cm³/mol. The number of rotatable bonds is 5. The predicted octanol–water partition coefficient (Wildman–Crippen LogP) is 4.33. The van der Waals surface area contributed by atoms with Crippen LogP contribution in [-0.2, 0) is 11.2 Å². The van der Waals surface area contributed by atoms with Crippen LogP contribution in [0.3, 0.4) is 0 Å². The number of carboxylic acid groups (broad SMARTS) is 1. The van der Waals surface area contributed by atoms with E-state index >= 15 is 0 Å². The van der Waals surface area contributed by atoms with Gasteiger partial charge in [0.1, 0.15) is 5.69 Å². The number of carboxylic acids is 1. The summed E-state index contributed by atoms with van der Waals surface area (Å²) < 4.78 is 5.89. The molecule has 0 amide bonds. The van der Waals surface area contributed by atoms with E-state index in [4.69, 9.17) is 9.52 Å². The zero-order chi connectivity index (χ0) is 16.2. The molecule has 1 heterocycles. The van der Waals surface area contributed by atoms with Gasteiger partial charge in [-0.2, -0.15) is 0 Å². The summed E-state index contributed by atoms with van der Waals surface area (Å²) in [5.74, 6) is 0.270. The molecule has 3 rings (SSSR count). The fraction of sp³-hybridized carbons (Fsp3) is 0.158. The Morgan fingerprint density at radius 2 is 1.78 bits per heavy atom. The van der Waals surface area contributed by atoms with E-state index in [0.717, 1.165) is 22.4 Å². The molecule has 0 fully saturated rings. The summed E-state index contributed by atoms with van der Waals surface area (Å²) >= 11 is 0. The van der Waals surface area contributed by atoms with Crippen LogP contribution >= 0.6 is 0 Å². The van der Waals surface area contributed by atoms with Gasteiger partial charge in [-0.1, -0.05) is 54.6 Å². The zero-order valence-electron chi connectivity index (χ0n) is 12.8. The number of aliphatic carboxylic acids is 1. The van der Waals surface area contributed by atoms with Gasteiger partial charge in [-0.15, -0.1) is 0 Å². The first-order valence-corrected chi connectivity index (χ1v) is 7.48. The Balaban J connectivity index is 2.09. The SMILES string of the molecule is Cc1ccccc1-c1nc(CCC(=O)O)oc1-c1ccccc1. The highest BCUT2D eigenvalue weighted by Crippen LogP contribution is 2.34. The quantitative estimate of drug-likeness (QED) is 0.762.